The first-order chi connectivity index (χ1) is 9.61. The van der Waals surface area contributed by atoms with E-state index in [-0.39, 0.29) is 0 Å². The van der Waals surface area contributed by atoms with Gasteiger partial charge in [0, 0.05) is 32.4 Å². The second-order valence-electron chi connectivity index (χ2n) is 4.27. The number of benzene rings is 1. The van der Waals surface area contributed by atoms with Crippen molar-refractivity contribution in [3.05, 3.63) is 35.4 Å². The second-order valence-corrected chi connectivity index (χ2v) is 4.27. The van der Waals surface area contributed by atoms with Crippen LogP contribution in [0.3, 0.4) is 0 Å². The third-order valence-electron chi connectivity index (χ3n) is 2.58. The highest BCUT2D eigenvalue weighted by atomic mass is 19.1. The molecule has 0 radical (unpaired) electrons. The molecule has 0 amide bonds. The molecular formula is C14H21F2N3O. The Morgan fingerprint density at radius 2 is 2.00 bits per heavy atom. The van der Waals surface area contributed by atoms with Crippen LogP contribution in [0.5, 0.6) is 0 Å². The van der Waals surface area contributed by atoms with E-state index >= 15 is 0 Å². The van der Waals surface area contributed by atoms with Gasteiger partial charge in [0.2, 0.25) is 0 Å². The summed E-state index contributed by atoms with van der Waals surface area (Å²) in [5.74, 6) is -0.812. The molecule has 0 aliphatic carbocycles. The van der Waals surface area contributed by atoms with Crippen LogP contribution < -0.4 is 11.1 Å². The van der Waals surface area contributed by atoms with Crippen LogP contribution in [-0.4, -0.2) is 32.3 Å². The maximum atomic E-state index is 13.0. The molecule has 3 N–H and O–H groups in total. The third-order valence-corrected chi connectivity index (χ3v) is 2.58. The van der Waals surface area contributed by atoms with Gasteiger partial charge in [0.25, 0.3) is 0 Å². The Morgan fingerprint density at radius 1 is 1.30 bits per heavy atom. The van der Waals surface area contributed by atoms with Crippen molar-refractivity contribution in [1.82, 2.24) is 5.32 Å². The molecule has 112 valence electrons. The minimum atomic E-state index is -0.572. The molecular weight excluding hydrogens is 264 g/mol. The number of nitrogens with two attached hydrogens (primary N) is 1. The van der Waals surface area contributed by atoms with E-state index in [9.17, 15) is 8.78 Å². The van der Waals surface area contributed by atoms with Gasteiger partial charge in [0.05, 0.1) is 0 Å². The molecule has 0 saturated heterocycles. The molecule has 0 unspecified atom stereocenters. The lowest BCUT2D eigenvalue weighted by atomic mass is 10.1. The van der Waals surface area contributed by atoms with Crippen molar-refractivity contribution in [1.29, 1.82) is 0 Å². The fourth-order valence-electron chi connectivity index (χ4n) is 1.66. The van der Waals surface area contributed by atoms with Crippen molar-refractivity contribution in [2.24, 2.45) is 10.7 Å². The van der Waals surface area contributed by atoms with Crippen LogP contribution in [0.1, 0.15) is 18.9 Å². The van der Waals surface area contributed by atoms with Gasteiger partial charge in [-0.25, -0.2) is 8.78 Å². The van der Waals surface area contributed by atoms with E-state index in [1.807, 2.05) is 6.92 Å². The lowest BCUT2D eigenvalue weighted by Gasteiger charge is -2.06. The van der Waals surface area contributed by atoms with Crippen molar-refractivity contribution in [3.8, 4) is 0 Å². The lowest BCUT2D eigenvalue weighted by molar-refractivity contribution is 0.146. The molecule has 20 heavy (non-hydrogen) atoms. The van der Waals surface area contributed by atoms with Crippen LogP contribution in [0.2, 0.25) is 0 Å². The van der Waals surface area contributed by atoms with Gasteiger partial charge in [-0.2, -0.15) is 0 Å². The summed E-state index contributed by atoms with van der Waals surface area (Å²) in [4.78, 5) is 4.12. The number of nitrogens with zero attached hydrogens (tertiary/aromatic N) is 1. The Balaban J connectivity index is 2.23. The van der Waals surface area contributed by atoms with E-state index in [0.29, 0.717) is 44.2 Å². The number of aliphatic imine (C=N–C) groups is 1. The van der Waals surface area contributed by atoms with Crippen molar-refractivity contribution < 1.29 is 13.5 Å². The summed E-state index contributed by atoms with van der Waals surface area (Å²) in [6.07, 6.45) is 1.29. The molecule has 0 fully saturated rings. The van der Waals surface area contributed by atoms with Gasteiger partial charge in [-0.1, -0.05) is 0 Å². The van der Waals surface area contributed by atoms with Crippen molar-refractivity contribution in [2.45, 2.75) is 19.8 Å². The van der Waals surface area contributed by atoms with E-state index in [4.69, 9.17) is 10.5 Å². The average molecular weight is 285 g/mol. The monoisotopic (exact) mass is 285 g/mol. The summed E-state index contributed by atoms with van der Waals surface area (Å²) in [6.45, 7) is 4.36. The van der Waals surface area contributed by atoms with Crippen LogP contribution in [-0.2, 0) is 11.2 Å². The van der Waals surface area contributed by atoms with Gasteiger partial charge in [-0.15, -0.1) is 0 Å². The molecule has 0 atom stereocenters. The molecule has 4 nitrogen and oxygen atoms in total. The Hall–Kier alpha value is -1.69. The second kappa shape index (κ2) is 9.25. The Bertz CT molecular complexity index is 418. The molecule has 0 saturated carbocycles. The molecule has 0 heterocycles. The molecule has 1 aromatic rings. The zero-order chi connectivity index (χ0) is 14.8. The molecule has 1 aromatic carbocycles. The molecule has 0 aliphatic rings. The lowest BCUT2D eigenvalue weighted by Crippen LogP contribution is -2.33. The molecule has 0 bridgehead atoms. The van der Waals surface area contributed by atoms with Crippen LogP contribution in [0, 0.1) is 11.6 Å². The first-order valence-electron chi connectivity index (χ1n) is 6.68. The van der Waals surface area contributed by atoms with Crippen molar-refractivity contribution in [2.75, 3.05) is 26.3 Å². The van der Waals surface area contributed by atoms with Gasteiger partial charge >= 0.3 is 0 Å². The fourth-order valence-corrected chi connectivity index (χ4v) is 1.66. The molecule has 6 heteroatoms. The molecule has 0 aromatic heterocycles. The standard InChI is InChI=1S/C14H21F2N3O/c1-2-20-7-3-5-18-14(17)19-6-4-11-8-12(15)10-13(16)9-11/h8-10H,2-7H2,1H3,(H3,17,18,19). The first-order valence-corrected chi connectivity index (χ1v) is 6.68. The normalized spacial score (nSPS) is 11.7. The van der Waals surface area contributed by atoms with Gasteiger partial charge < -0.3 is 15.8 Å². The van der Waals surface area contributed by atoms with Crippen LogP contribution >= 0.6 is 0 Å². The summed E-state index contributed by atoms with van der Waals surface area (Å²) in [6, 6.07) is 3.46. The highest BCUT2D eigenvalue weighted by Crippen LogP contribution is 2.07. The first kappa shape index (κ1) is 16.4. The predicted octanol–water partition coefficient (Wildman–Crippen LogP) is 1.84. The van der Waals surface area contributed by atoms with Gasteiger partial charge in [0.15, 0.2) is 5.96 Å². The zero-order valence-corrected chi connectivity index (χ0v) is 11.7. The van der Waals surface area contributed by atoms with Crippen LogP contribution in [0.25, 0.3) is 0 Å². The van der Waals surface area contributed by atoms with Gasteiger partial charge in [-0.3, -0.25) is 4.99 Å². The number of nitrogens with one attached hydrogen (secondary N) is 1. The molecule has 0 aliphatic heterocycles. The number of ether oxygens (including phenoxy) is 1. The van der Waals surface area contributed by atoms with Gasteiger partial charge in [0.1, 0.15) is 11.6 Å². The Kier molecular flexibility index (Phi) is 7.57. The summed E-state index contributed by atoms with van der Waals surface area (Å²) < 4.78 is 31.1. The van der Waals surface area contributed by atoms with Crippen LogP contribution in [0.4, 0.5) is 8.78 Å². The maximum Gasteiger partial charge on any atom is 0.188 e. The number of guanidine groups is 1. The predicted molar refractivity (Wildman–Crippen MR) is 75.7 cm³/mol. The van der Waals surface area contributed by atoms with E-state index in [1.54, 1.807) is 0 Å². The van der Waals surface area contributed by atoms with E-state index in [0.717, 1.165) is 12.5 Å². The summed E-state index contributed by atoms with van der Waals surface area (Å²) in [5, 5.41) is 2.90. The van der Waals surface area contributed by atoms with Crippen molar-refractivity contribution >= 4 is 5.96 Å². The SMILES string of the molecule is CCOCCCN=C(N)NCCc1cc(F)cc(F)c1. The largest absolute Gasteiger partial charge is 0.382 e. The number of hydrogen-bond acceptors (Lipinski definition) is 2. The van der Waals surface area contributed by atoms with E-state index in [1.165, 1.54) is 12.1 Å². The van der Waals surface area contributed by atoms with Crippen LogP contribution in [0.15, 0.2) is 23.2 Å². The minimum Gasteiger partial charge on any atom is -0.382 e. The quantitative estimate of drug-likeness (QED) is 0.435. The fraction of sp³-hybridized carbons (Fsp3) is 0.500. The average Bonchev–Trinajstić information content (AvgIpc) is 2.37. The van der Waals surface area contributed by atoms with E-state index < -0.39 is 11.6 Å². The summed E-state index contributed by atoms with van der Waals surface area (Å²) in [7, 11) is 0. The minimum absolute atomic E-state index is 0.332. The molecule has 1 rings (SSSR count). The van der Waals surface area contributed by atoms with Crippen molar-refractivity contribution in [3.63, 3.8) is 0 Å². The highest BCUT2D eigenvalue weighted by molar-refractivity contribution is 5.77. The smallest absolute Gasteiger partial charge is 0.188 e. The summed E-state index contributed by atoms with van der Waals surface area (Å²) >= 11 is 0. The summed E-state index contributed by atoms with van der Waals surface area (Å²) in [5.41, 5.74) is 6.24. The Morgan fingerprint density at radius 3 is 2.65 bits per heavy atom. The number of halogens is 2. The maximum absolute atomic E-state index is 13.0. The third kappa shape index (κ3) is 7.04. The zero-order valence-electron chi connectivity index (χ0n) is 11.7. The highest BCUT2D eigenvalue weighted by Gasteiger charge is 2.00. The Labute approximate surface area is 118 Å². The number of hydrogen-bond donors (Lipinski definition) is 2. The van der Waals surface area contributed by atoms with Gasteiger partial charge in [-0.05, 0) is 37.5 Å². The molecule has 0 spiro atoms. The van der Waals surface area contributed by atoms with E-state index in [2.05, 4.69) is 10.3 Å². The number of rotatable bonds is 8. The topological polar surface area (TPSA) is 59.6 Å².